The molecule has 0 bridgehead atoms. The van der Waals surface area contributed by atoms with Crippen molar-refractivity contribution in [2.24, 2.45) is 0 Å². The third-order valence-electron chi connectivity index (χ3n) is 2.69. The lowest BCUT2D eigenvalue weighted by atomic mass is 10.1. The Balaban J connectivity index is 2.32. The smallest absolute Gasteiger partial charge is 0.266 e. The van der Waals surface area contributed by atoms with Crippen LogP contribution in [0.1, 0.15) is 6.42 Å². The van der Waals surface area contributed by atoms with Crippen LogP contribution in [0.4, 0.5) is 5.69 Å². The van der Waals surface area contributed by atoms with E-state index in [1.807, 2.05) is 0 Å². The molecule has 4 nitrogen and oxygen atoms in total. The third-order valence-corrected chi connectivity index (χ3v) is 2.94. The van der Waals surface area contributed by atoms with Gasteiger partial charge in [-0.3, -0.25) is 9.69 Å². The van der Waals surface area contributed by atoms with Gasteiger partial charge in [-0.25, -0.2) is 0 Å². The summed E-state index contributed by atoms with van der Waals surface area (Å²) in [7, 11) is 3.03. The number of methoxy groups -OCH3 is 2. The molecule has 0 aliphatic carbocycles. The van der Waals surface area contributed by atoms with Crippen molar-refractivity contribution in [3.63, 3.8) is 0 Å². The zero-order chi connectivity index (χ0) is 11.8. The molecule has 1 aliphatic rings. The molecule has 0 aromatic heterocycles. The fourth-order valence-electron chi connectivity index (χ4n) is 1.79. The second kappa shape index (κ2) is 4.05. The van der Waals surface area contributed by atoms with Crippen molar-refractivity contribution in [1.82, 2.24) is 0 Å². The third kappa shape index (κ3) is 1.59. The van der Waals surface area contributed by atoms with Gasteiger partial charge in [-0.15, -0.1) is 0 Å². The van der Waals surface area contributed by atoms with E-state index in [1.54, 1.807) is 24.3 Å². The van der Waals surface area contributed by atoms with Crippen LogP contribution in [0.5, 0.6) is 0 Å². The molecule has 0 unspecified atom stereocenters. The van der Waals surface area contributed by atoms with Gasteiger partial charge in [0.2, 0.25) is 5.91 Å². The minimum atomic E-state index is -0.967. The van der Waals surface area contributed by atoms with Gasteiger partial charge in [0.15, 0.2) is 0 Å². The van der Waals surface area contributed by atoms with Crippen molar-refractivity contribution < 1.29 is 14.3 Å². The number of rotatable bonds is 3. The molecular formula is C11H12ClNO3. The molecule has 1 saturated heterocycles. The first-order valence-electron chi connectivity index (χ1n) is 4.82. The van der Waals surface area contributed by atoms with Crippen LogP contribution < -0.4 is 4.90 Å². The van der Waals surface area contributed by atoms with Crippen LogP contribution in [-0.2, 0) is 14.3 Å². The van der Waals surface area contributed by atoms with E-state index >= 15 is 0 Å². The summed E-state index contributed by atoms with van der Waals surface area (Å²) in [4.78, 5) is 13.1. The predicted octanol–water partition coefficient (Wildman–Crippen LogP) is 2.02. The number of ether oxygens (including phenoxy) is 2. The molecule has 1 amide bonds. The van der Waals surface area contributed by atoms with E-state index in [1.165, 1.54) is 19.1 Å². The van der Waals surface area contributed by atoms with E-state index < -0.39 is 5.91 Å². The Labute approximate surface area is 98.7 Å². The first kappa shape index (κ1) is 11.4. The Hall–Kier alpha value is -1.10. The molecule has 0 saturated carbocycles. The molecule has 0 radical (unpaired) electrons. The highest BCUT2D eigenvalue weighted by atomic mass is 35.5. The molecule has 5 heteroatoms. The molecule has 1 aliphatic heterocycles. The molecule has 1 fully saturated rings. The maximum atomic E-state index is 11.6. The first-order chi connectivity index (χ1) is 7.63. The fourth-order valence-corrected chi connectivity index (χ4v) is 1.92. The molecule has 0 atom stereocenters. The maximum absolute atomic E-state index is 11.6. The largest absolute Gasteiger partial charge is 0.335 e. The number of carbonyl (C=O) groups is 1. The van der Waals surface area contributed by atoms with Crippen LogP contribution in [0.25, 0.3) is 0 Å². The van der Waals surface area contributed by atoms with Crippen molar-refractivity contribution in [3.05, 3.63) is 29.3 Å². The zero-order valence-corrected chi connectivity index (χ0v) is 9.82. The van der Waals surface area contributed by atoms with E-state index in [0.29, 0.717) is 10.7 Å². The lowest BCUT2D eigenvalue weighted by molar-refractivity contribution is -0.234. The zero-order valence-electron chi connectivity index (χ0n) is 9.07. The van der Waals surface area contributed by atoms with Gasteiger partial charge < -0.3 is 9.47 Å². The summed E-state index contributed by atoms with van der Waals surface area (Å²) in [5.41, 5.74) is 0.712. The second-order valence-corrected chi connectivity index (χ2v) is 3.94. The monoisotopic (exact) mass is 241 g/mol. The van der Waals surface area contributed by atoms with Gasteiger partial charge in [-0.1, -0.05) is 11.6 Å². The number of benzene rings is 1. The van der Waals surface area contributed by atoms with Crippen molar-refractivity contribution in [2.45, 2.75) is 12.3 Å². The van der Waals surface area contributed by atoms with Crippen molar-refractivity contribution >= 4 is 23.2 Å². The summed E-state index contributed by atoms with van der Waals surface area (Å²) >= 11 is 5.79. The standard InChI is InChI=1S/C11H12ClNO3/c1-15-11(16-2)7-10(14)13(11)9-5-3-8(12)4-6-9/h3-6H,7H2,1-2H3. The average Bonchev–Trinajstić information content (AvgIpc) is 2.28. The van der Waals surface area contributed by atoms with Gasteiger partial charge in [0.1, 0.15) is 6.42 Å². The van der Waals surface area contributed by atoms with E-state index in [-0.39, 0.29) is 12.3 Å². The van der Waals surface area contributed by atoms with Crippen LogP contribution >= 0.6 is 11.6 Å². The quantitative estimate of drug-likeness (QED) is 0.600. The van der Waals surface area contributed by atoms with Gasteiger partial charge >= 0.3 is 0 Å². The highest BCUT2D eigenvalue weighted by molar-refractivity contribution is 6.30. The van der Waals surface area contributed by atoms with Gasteiger partial charge in [-0.2, -0.15) is 0 Å². The van der Waals surface area contributed by atoms with Crippen LogP contribution in [0.2, 0.25) is 5.02 Å². The molecule has 86 valence electrons. The van der Waals surface area contributed by atoms with Crippen molar-refractivity contribution in [2.75, 3.05) is 19.1 Å². The summed E-state index contributed by atoms with van der Waals surface area (Å²) in [5.74, 6) is -1.00. The first-order valence-corrected chi connectivity index (χ1v) is 5.20. The highest BCUT2D eigenvalue weighted by Crippen LogP contribution is 2.38. The lowest BCUT2D eigenvalue weighted by Crippen LogP contribution is -2.66. The Kier molecular flexibility index (Phi) is 2.88. The Morgan fingerprint density at radius 1 is 1.25 bits per heavy atom. The fraction of sp³-hybridized carbons (Fsp3) is 0.364. The van der Waals surface area contributed by atoms with Crippen molar-refractivity contribution in [3.8, 4) is 0 Å². The number of anilines is 1. The number of hydrogen-bond acceptors (Lipinski definition) is 3. The van der Waals surface area contributed by atoms with Gasteiger partial charge in [0, 0.05) is 24.9 Å². The number of hydrogen-bond donors (Lipinski definition) is 0. The predicted molar refractivity (Wildman–Crippen MR) is 60.3 cm³/mol. The summed E-state index contributed by atoms with van der Waals surface area (Å²) in [6.07, 6.45) is 0.225. The topological polar surface area (TPSA) is 38.8 Å². The van der Waals surface area contributed by atoms with Crippen LogP contribution in [-0.4, -0.2) is 26.0 Å². The summed E-state index contributed by atoms with van der Waals surface area (Å²) in [5, 5.41) is 0.622. The van der Waals surface area contributed by atoms with Gasteiger partial charge in [-0.05, 0) is 24.3 Å². The summed E-state index contributed by atoms with van der Waals surface area (Å²) in [6.45, 7) is 0. The minimum absolute atomic E-state index is 0.0361. The molecule has 1 aromatic rings. The summed E-state index contributed by atoms with van der Waals surface area (Å²) < 4.78 is 10.5. The average molecular weight is 242 g/mol. The lowest BCUT2D eigenvalue weighted by Gasteiger charge is -2.48. The van der Waals surface area contributed by atoms with Crippen LogP contribution in [0.15, 0.2) is 24.3 Å². The SMILES string of the molecule is COC1(OC)CC(=O)N1c1ccc(Cl)cc1. The van der Waals surface area contributed by atoms with E-state index in [2.05, 4.69) is 0 Å². The van der Waals surface area contributed by atoms with E-state index in [4.69, 9.17) is 21.1 Å². The normalized spacial score (nSPS) is 18.4. The molecule has 1 aromatic carbocycles. The van der Waals surface area contributed by atoms with Crippen molar-refractivity contribution in [1.29, 1.82) is 0 Å². The Morgan fingerprint density at radius 3 is 2.25 bits per heavy atom. The maximum Gasteiger partial charge on any atom is 0.266 e. The second-order valence-electron chi connectivity index (χ2n) is 3.50. The van der Waals surface area contributed by atoms with Gasteiger partial charge in [0.25, 0.3) is 5.91 Å². The summed E-state index contributed by atoms with van der Waals surface area (Å²) in [6, 6.07) is 6.95. The molecule has 16 heavy (non-hydrogen) atoms. The molecule has 2 rings (SSSR count). The van der Waals surface area contributed by atoms with Crippen LogP contribution in [0, 0.1) is 0 Å². The van der Waals surface area contributed by atoms with E-state index in [9.17, 15) is 4.79 Å². The number of β-lactam (4-membered cyclic amide) rings is 1. The Morgan fingerprint density at radius 2 is 1.81 bits per heavy atom. The molecule has 0 N–H and O–H groups in total. The number of amides is 1. The number of nitrogens with zero attached hydrogens (tertiary/aromatic N) is 1. The minimum Gasteiger partial charge on any atom is -0.335 e. The number of carbonyl (C=O) groups excluding carboxylic acids is 1. The van der Waals surface area contributed by atoms with Crippen LogP contribution in [0.3, 0.4) is 0 Å². The molecular weight excluding hydrogens is 230 g/mol. The van der Waals surface area contributed by atoms with E-state index in [0.717, 1.165) is 0 Å². The number of halogens is 1. The van der Waals surface area contributed by atoms with Gasteiger partial charge in [0.05, 0.1) is 0 Å². The molecule has 1 heterocycles. The Bertz CT molecular complexity index is 400. The highest BCUT2D eigenvalue weighted by Gasteiger charge is 2.53. The molecule has 0 spiro atoms.